The fourth-order valence-corrected chi connectivity index (χ4v) is 0.874. The van der Waals surface area contributed by atoms with Crippen LogP contribution in [0.15, 0.2) is 0 Å². The Hall–Kier alpha value is -0.590. The number of nitriles is 1. The molecule has 1 aliphatic rings. The van der Waals surface area contributed by atoms with Crippen molar-refractivity contribution in [2.24, 2.45) is 5.92 Å². The largest absolute Gasteiger partial charge is 0.389 e. The molecule has 1 aliphatic heterocycles. The lowest BCUT2D eigenvalue weighted by Gasteiger charge is -2.21. The van der Waals surface area contributed by atoms with Crippen molar-refractivity contribution in [1.29, 1.82) is 5.26 Å². The Bertz CT molecular complexity index is 130. The lowest BCUT2D eigenvalue weighted by molar-refractivity contribution is -0.0275. The van der Waals surface area contributed by atoms with Crippen molar-refractivity contribution in [1.82, 2.24) is 0 Å². The van der Waals surface area contributed by atoms with E-state index in [1.807, 2.05) is 6.07 Å². The number of ether oxygens (including phenoxy) is 1. The predicted molar refractivity (Wildman–Crippen MR) is 30.5 cm³/mol. The van der Waals surface area contributed by atoms with Gasteiger partial charge in [-0.1, -0.05) is 0 Å². The zero-order valence-electron chi connectivity index (χ0n) is 5.08. The molecule has 1 heterocycles. The number of nitrogens with zero attached hydrogens (tertiary/aromatic N) is 1. The van der Waals surface area contributed by atoms with Gasteiger partial charge in [0.15, 0.2) is 0 Å². The van der Waals surface area contributed by atoms with Crippen molar-refractivity contribution in [3.63, 3.8) is 0 Å². The Morgan fingerprint density at radius 1 is 1.67 bits per heavy atom. The van der Waals surface area contributed by atoms with Crippen molar-refractivity contribution in [2.75, 3.05) is 13.2 Å². The van der Waals surface area contributed by atoms with E-state index >= 15 is 0 Å². The maximum absolute atomic E-state index is 9.02. The van der Waals surface area contributed by atoms with Gasteiger partial charge in [-0.15, -0.1) is 0 Å². The zero-order chi connectivity index (χ0) is 6.69. The van der Waals surface area contributed by atoms with Crippen LogP contribution in [0.5, 0.6) is 0 Å². The van der Waals surface area contributed by atoms with E-state index < -0.39 is 6.10 Å². The summed E-state index contributed by atoms with van der Waals surface area (Å²) in [5.74, 6) is -0.209. The highest BCUT2D eigenvalue weighted by molar-refractivity contribution is 4.89. The van der Waals surface area contributed by atoms with Gasteiger partial charge in [0.2, 0.25) is 0 Å². The minimum Gasteiger partial charge on any atom is -0.389 e. The number of aliphatic hydroxyl groups excluding tert-OH is 1. The third-order valence-corrected chi connectivity index (χ3v) is 1.49. The molecular formula is C6H9NO2. The normalized spacial score (nSPS) is 35.6. The number of aliphatic hydroxyl groups is 1. The highest BCUT2D eigenvalue weighted by Crippen LogP contribution is 2.13. The van der Waals surface area contributed by atoms with Crippen molar-refractivity contribution in [3.8, 4) is 6.07 Å². The number of hydrogen-bond acceptors (Lipinski definition) is 3. The van der Waals surface area contributed by atoms with Gasteiger partial charge in [-0.2, -0.15) is 5.26 Å². The molecular weight excluding hydrogens is 118 g/mol. The molecule has 0 bridgehead atoms. The standard InChI is InChI=1S/C6H9NO2/c7-3-5-1-2-9-4-6(5)8/h5-6,8H,1-2,4H2/t5-,6-/m0/s1. The van der Waals surface area contributed by atoms with Crippen molar-refractivity contribution < 1.29 is 9.84 Å². The summed E-state index contributed by atoms with van der Waals surface area (Å²) in [7, 11) is 0. The monoisotopic (exact) mass is 127 g/mol. The van der Waals surface area contributed by atoms with Gasteiger partial charge in [0.1, 0.15) is 0 Å². The van der Waals surface area contributed by atoms with Gasteiger partial charge in [0.25, 0.3) is 0 Å². The molecule has 3 heteroatoms. The first-order valence-corrected chi connectivity index (χ1v) is 3.00. The smallest absolute Gasteiger partial charge is 0.0932 e. The third kappa shape index (κ3) is 1.41. The van der Waals surface area contributed by atoms with Crippen LogP contribution in [0.1, 0.15) is 6.42 Å². The van der Waals surface area contributed by atoms with Crippen LogP contribution in [0.25, 0.3) is 0 Å². The predicted octanol–water partition coefficient (Wildman–Crippen LogP) is -0.0926. The first-order chi connectivity index (χ1) is 4.34. The number of hydrogen-bond donors (Lipinski definition) is 1. The lowest BCUT2D eigenvalue weighted by Crippen LogP contribution is -2.30. The summed E-state index contributed by atoms with van der Waals surface area (Å²) < 4.78 is 4.91. The summed E-state index contributed by atoms with van der Waals surface area (Å²) in [6.07, 6.45) is 0.0984. The van der Waals surface area contributed by atoms with E-state index in [4.69, 9.17) is 15.1 Å². The van der Waals surface area contributed by atoms with Crippen molar-refractivity contribution in [3.05, 3.63) is 0 Å². The molecule has 3 nitrogen and oxygen atoms in total. The second kappa shape index (κ2) is 2.81. The summed E-state index contributed by atoms with van der Waals surface area (Å²) in [4.78, 5) is 0. The van der Waals surface area contributed by atoms with Crippen LogP contribution in [-0.4, -0.2) is 24.4 Å². The highest BCUT2D eigenvalue weighted by atomic mass is 16.5. The summed E-state index contributed by atoms with van der Waals surface area (Å²) in [5.41, 5.74) is 0. The van der Waals surface area contributed by atoms with Gasteiger partial charge in [-0.05, 0) is 6.42 Å². The van der Waals surface area contributed by atoms with Gasteiger partial charge in [-0.3, -0.25) is 0 Å². The minimum absolute atomic E-state index is 0.209. The quantitative estimate of drug-likeness (QED) is 0.494. The zero-order valence-corrected chi connectivity index (χ0v) is 5.08. The molecule has 0 aromatic heterocycles. The Morgan fingerprint density at radius 2 is 2.44 bits per heavy atom. The molecule has 0 aliphatic carbocycles. The van der Waals surface area contributed by atoms with E-state index in [9.17, 15) is 0 Å². The Balaban J connectivity index is 2.41. The maximum Gasteiger partial charge on any atom is 0.0932 e. The fraction of sp³-hybridized carbons (Fsp3) is 0.833. The van der Waals surface area contributed by atoms with E-state index in [-0.39, 0.29) is 5.92 Å². The average Bonchev–Trinajstić information content (AvgIpc) is 1.89. The lowest BCUT2D eigenvalue weighted by atomic mass is 10.00. The van der Waals surface area contributed by atoms with Gasteiger partial charge in [0.05, 0.1) is 24.7 Å². The Labute approximate surface area is 53.9 Å². The van der Waals surface area contributed by atoms with E-state index in [1.165, 1.54) is 0 Å². The summed E-state index contributed by atoms with van der Waals surface area (Å²) in [6, 6.07) is 2.02. The molecule has 2 atom stereocenters. The van der Waals surface area contributed by atoms with Gasteiger partial charge in [-0.25, -0.2) is 0 Å². The summed E-state index contributed by atoms with van der Waals surface area (Å²) >= 11 is 0. The van der Waals surface area contributed by atoms with Crippen LogP contribution in [0.2, 0.25) is 0 Å². The van der Waals surface area contributed by atoms with E-state index in [0.717, 1.165) is 0 Å². The molecule has 0 spiro atoms. The van der Waals surface area contributed by atoms with Crippen LogP contribution < -0.4 is 0 Å². The minimum atomic E-state index is -0.566. The van der Waals surface area contributed by atoms with Crippen molar-refractivity contribution >= 4 is 0 Å². The molecule has 50 valence electrons. The van der Waals surface area contributed by atoms with Crippen LogP contribution in [0, 0.1) is 17.2 Å². The van der Waals surface area contributed by atoms with Crippen LogP contribution in [-0.2, 0) is 4.74 Å². The number of rotatable bonds is 0. The van der Waals surface area contributed by atoms with Crippen LogP contribution in [0.3, 0.4) is 0 Å². The molecule has 1 N–H and O–H groups in total. The fourth-order valence-electron chi connectivity index (χ4n) is 0.874. The molecule has 0 amide bonds. The maximum atomic E-state index is 9.02. The van der Waals surface area contributed by atoms with E-state index in [1.54, 1.807) is 0 Å². The molecule has 0 saturated carbocycles. The SMILES string of the molecule is N#C[C@@H]1CCOC[C@@H]1O. The first kappa shape index (κ1) is 6.53. The molecule has 0 aromatic rings. The molecule has 9 heavy (non-hydrogen) atoms. The molecule has 1 fully saturated rings. The molecule has 0 unspecified atom stereocenters. The average molecular weight is 127 g/mol. The Kier molecular flexibility index (Phi) is 2.04. The molecule has 0 aromatic carbocycles. The van der Waals surface area contributed by atoms with Gasteiger partial charge >= 0.3 is 0 Å². The first-order valence-electron chi connectivity index (χ1n) is 3.00. The summed E-state index contributed by atoms with van der Waals surface area (Å²) in [6.45, 7) is 0.924. The van der Waals surface area contributed by atoms with E-state index in [2.05, 4.69) is 0 Å². The molecule has 1 rings (SSSR count). The second-order valence-corrected chi connectivity index (χ2v) is 2.17. The van der Waals surface area contributed by atoms with Crippen molar-refractivity contribution in [2.45, 2.75) is 12.5 Å². The second-order valence-electron chi connectivity index (χ2n) is 2.17. The highest BCUT2D eigenvalue weighted by Gasteiger charge is 2.22. The molecule has 0 radical (unpaired) electrons. The third-order valence-electron chi connectivity index (χ3n) is 1.49. The topological polar surface area (TPSA) is 53.2 Å². The van der Waals surface area contributed by atoms with Crippen LogP contribution >= 0.6 is 0 Å². The summed E-state index contributed by atoms with van der Waals surface area (Å²) in [5, 5.41) is 17.4. The van der Waals surface area contributed by atoms with E-state index in [0.29, 0.717) is 19.6 Å². The Morgan fingerprint density at radius 3 is 2.89 bits per heavy atom. The molecule has 1 saturated heterocycles. The van der Waals surface area contributed by atoms with Crippen LogP contribution in [0.4, 0.5) is 0 Å². The van der Waals surface area contributed by atoms with Gasteiger partial charge < -0.3 is 9.84 Å². The van der Waals surface area contributed by atoms with Gasteiger partial charge in [0, 0.05) is 6.61 Å².